The molecular formula is C20H19NO3S. The van der Waals surface area contributed by atoms with Crippen LogP contribution in [0.2, 0.25) is 0 Å². The Morgan fingerprint density at radius 2 is 1.76 bits per heavy atom. The molecule has 0 atom stereocenters. The summed E-state index contributed by atoms with van der Waals surface area (Å²) in [5.41, 5.74) is 1.98. The molecule has 0 aliphatic carbocycles. The molecule has 128 valence electrons. The van der Waals surface area contributed by atoms with Crippen molar-refractivity contribution in [1.29, 1.82) is 0 Å². The summed E-state index contributed by atoms with van der Waals surface area (Å²) >= 11 is 0.994. The van der Waals surface area contributed by atoms with Gasteiger partial charge in [0.05, 0.1) is 11.5 Å². The van der Waals surface area contributed by atoms with Crippen LogP contribution in [0.3, 0.4) is 0 Å². The van der Waals surface area contributed by atoms with E-state index in [0.29, 0.717) is 24.5 Å². The first-order chi connectivity index (χ1) is 12.2. The first-order valence-electron chi connectivity index (χ1n) is 8.19. The lowest BCUT2D eigenvalue weighted by Crippen LogP contribution is -2.30. The predicted octanol–water partition coefficient (Wildman–Crippen LogP) is 4.36. The Labute approximate surface area is 151 Å². The zero-order valence-corrected chi connectivity index (χ0v) is 14.8. The molecule has 3 rings (SSSR count). The van der Waals surface area contributed by atoms with Crippen LogP contribution >= 0.6 is 11.8 Å². The molecule has 25 heavy (non-hydrogen) atoms. The number of carbonyl (C=O) groups excluding carboxylic acids is 2. The summed E-state index contributed by atoms with van der Waals surface area (Å²) in [6.07, 6.45) is 2.42. The SMILES string of the molecule is CCOc1ccc(/C=C2/SC(=O)N(CCc3ccccc3)C2=O)cc1. The largest absolute Gasteiger partial charge is 0.494 e. The molecule has 1 saturated heterocycles. The van der Waals surface area contributed by atoms with Crippen molar-refractivity contribution in [3.05, 3.63) is 70.6 Å². The van der Waals surface area contributed by atoms with E-state index in [0.717, 1.165) is 28.6 Å². The maximum Gasteiger partial charge on any atom is 0.293 e. The van der Waals surface area contributed by atoms with Gasteiger partial charge in [0.15, 0.2) is 0 Å². The summed E-state index contributed by atoms with van der Waals surface area (Å²) < 4.78 is 5.40. The molecule has 2 aromatic rings. The van der Waals surface area contributed by atoms with E-state index in [9.17, 15) is 9.59 Å². The predicted molar refractivity (Wildman–Crippen MR) is 100 cm³/mol. The highest BCUT2D eigenvalue weighted by atomic mass is 32.2. The summed E-state index contributed by atoms with van der Waals surface area (Å²) in [7, 11) is 0. The van der Waals surface area contributed by atoms with E-state index in [4.69, 9.17) is 4.74 Å². The van der Waals surface area contributed by atoms with Gasteiger partial charge in [0.2, 0.25) is 0 Å². The molecule has 0 N–H and O–H groups in total. The fourth-order valence-electron chi connectivity index (χ4n) is 2.56. The highest BCUT2D eigenvalue weighted by molar-refractivity contribution is 8.18. The molecule has 0 bridgehead atoms. The third-order valence-electron chi connectivity index (χ3n) is 3.83. The van der Waals surface area contributed by atoms with Crippen molar-refractivity contribution in [2.24, 2.45) is 0 Å². The molecule has 4 nitrogen and oxygen atoms in total. The van der Waals surface area contributed by atoms with Gasteiger partial charge in [0, 0.05) is 6.54 Å². The first-order valence-corrected chi connectivity index (χ1v) is 9.01. The van der Waals surface area contributed by atoms with Gasteiger partial charge in [-0.3, -0.25) is 14.5 Å². The number of rotatable bonds is 6. The Morgan fingerprint density at radius 3 is 2.44 bits per heavy atom. The quantitative estimate of drug-likeness (QED) is 0.724. The maximum atomic E-state index is 12.5. The van der Waals surface area contributed by atoms with Crippen LogP contribution in [0, 0.1) is 0 Å². The number of imide groups is 1. The van der Waals surface area contributed by atoms with Crippen LogP contribution in [-0.4, -0.2) is 29.2 Å². The van der Waals surface area contributed by atoms with Crippen LogP contribution in [-0.2, 0) is 11.2 Å². The number of benzene rings is 2. The van der Waals surface area contributed by atoms with E-state index >= 15 is 0 Å². The lowest BCUT2D eigenvalue weighted by atomic mass is 10.1. The van der Waals surface area contributed by atoms with Crippen molar-refractivity contribution in [2.75, 3.05) is 13.2 Å². The van der Waals surface area contributed by atoms with Crippen LogP contribution in [0.25, 0.3) is 6.08 Å². The minimum absolute atomic E-state index is 0.210. The van der Waals surface area contributed by atoms with E-state index in [-0.39, 0.29) is 11.1 Å². The van der Waals surface area contributed by atoms with Gasteiger partial charge in [0.25, 0.3) is 11.1 Å². The molecule has 1 aliphatic heterocycles. The standard InChI is InChI=1S/C20H19NO3S/c1-2-24-17-10-8-16(9-11-17)14-18-19(22)21(20(23)25-18)13-12-15-6-4-3-5-7-15/h3-11,14H,2,12-13H2,1H3/b18-14+. The average Bonchev–Trinajstić information content (AvgIpc) is 2.89. The zero-order valence-electron chi connectivity index (χ0n) is 14.0. The van der Waals surface area contributed by atoms with Crippen molar-refractivity contribution in [3.8, 4) is 5.75 Å². The molecular weight excluding hydrogens is 334 g/mol. The van der Waals surface area contributed by atoms with Crippen molar-refractivity contribution in [1.82, 2.24) is 4.90 Å². The topological polar surface area (TPSA) is 46.6 Å². The second-order valence-electron chi connectivity index (χ2n) is 5.57. The second-order valence-corrected chi connectivity index (χ2v) is 6.56. The minimum atomic E-state index is -0.222. The molecule has 2 amide bonds. The van der Waals surface area contributed by atoms with E-state index in [1.807, 2.05) is 61.5 Å². The number of ether oxygens (including phenoxy) is 1. The number of hydrogen-bond acceptors (Lipinski definition) is 4. The smallest absolute Gasteiger partial charge is 0.293 e. The van der Waals surface area contributed by atoms with Crippen LogP contribution in [0.1, 0.15) is 18.1 Å². The van der Waals surface area contributed by atoms with Crippen molar-refractivity contribution in [3.63, 3.8) is 0 Å². The highest BCUT2D eigenvalue weighted by Gasteiger charge is 2.34. The zero-order chi connectivity index (χ0) is 17.6. The number of thioether (sulfide) groups is 1. The molecule has 1 aliphatic rings. The first kappa shape index (κ1) is 17.3. The maximum absolute atomic E-state index is 12.5. The Hall–Kier alpha value is -2.53. The summed E-state index contributed by atoms with van der Waals surface area (Å²) in [6, 6.07) is 17.3. The Balaban J connectivity index is 1.67. The second kappa shape index (κ2) is 8.03. The van der Waals surface area contributed by atoms with Crippen LogP contribution < -0.4 is 4.74 Å². The number of nitrogens with zero attached hydrogens (tertiary/aromatic N) is 1. The molecule has 0 radical (unpaired) electrons. The minimum Gasteiger partial charge on any atom is -0.494 e. The van der Waals surface area contributed by atoms with Gasteiger partial charge in [-0.05, 0) is 54.4 Å². The summed E-state index contributed by atoms with van der Waals surface area (Å²) in [6.45, 7) is 2.94. The summed E-state index contributed by atoms with van der Waals surface area (Å²) in [4.78, 5) is 26.4. The Bertz CT molecular complexity index is 784. The lowest BCUT2D eigenvalue weighted by Gasteiger charge is -2.12. The molecule has 2 aromatic carbocycles. The fraction of sp³-hybridized carbons (Fsp3) is 0.200. The Kier molecular flexibility index (Phi) is 5.56. The monoisotopic (exact) mass is 353 g/mol. The van der Waals surface area contributed by atoms with Crippen molar-refractivity contribution in [2.45, 2.75) is 13.3 Å². The van der Waals surface area contributed by atoms with Crippen LogP contribution in [0.15, 0.2) is 59.5 Å². The number of amides is 2. The average molecular weight is 353 g/mol. The van der Waals surface area contributed by atoms with E-state index in [1.54, 1.807) is 6.08 Å². The van der Waals surface area contributed by atoms with Gasteiger partial charge >= 0.3 is 0 Å². The molecule has 0 spiro atoms. The third kappa shape index (κ3) is 4.31. The van der Waals surface area contributed by atoms with Gasteiger partial charge in [0.1, 0.15) is 5.75 Å². The van der Waals surface area contributed by atoms with E-state index in [2.05, 4.69) is 0 Å². The molecule has 1 heterocycles. The molecule has 0 saturated carbocycles. The normalized spacial score (nSPS) is 15.9. The van der Waals surface area contributed by atoms with Gasteiger partial charge in [-0.2, -0.15) is 0 Å². The molecule has 5 heteroatoms. The van der Waals surface area contributed by atoms with Crippen LogP contribution in [0.4, 0.5) is 4.79 Å². The van der Waals surface area contributed by atoms with Crippen molar-refractivity contribution >= 4 is 29.0 Å². The van der Waals surface area contributed by atoms with Crippen molar-refractivity contribution < 1.29 is 14.3 Å². The number of hydrogen-bond donors (Lipinski definition) is 0. The van der Waals surface area contributed by atoms with Gasteiger partial charge < -0.3 is 4.74 Å². The fourth-order valence-corrected chi connectivity index (χ4v) is 3.42. The highest BCUT2D eigenvalue weighted by Crippen LogP contribution is 2.32. The molecule has 0 aromatic heterocycles. The molecule has 0 unspecified atom stereocenters. The lowest BCUT2D eigenvalue weighted by molar-refractivity contribution is -0.122. The summed E-state index contributed by atoms with van der Waals surface area (Å²) in [5.74, 6) is 0.565. The Morgan fingerprint density at radius 1 is 1.04 bits per heavy atom. The third-order valence-corrected chi connectivity index (χ3v) is 4.74. The van der Waals surface area contributed by atoms with E-state index < -0.39 is 0 Å². The van der Waals surface area contributed by atoms with Crippen LogP contribution in [0.5, 0.6) is 5.75 Å². The van der Waals surface area contributed by atoms with E-state index in [1.165, 1.54) is 4.90 Å². The van der Waals surface area contributed by atoms with Gasteiger partial charge in [-0.25, -0.2) is 0 Å². The number of carbonyl (C=O) groups is 2. The van der Waals surface area contributed by atoms with Gasteiger partial charge in [-0.15, -0.1) is 0 Å². The molecule has 1 fully saturated rings. The summed E-state index contributed by atoms with van der Waals surface area (Å²) in [5, 5.41) is -0.210. The van der Waals surface area contributed by atoms with Gasteiger partial charge in [-0.1, -0.05) is 42.5 Å².